The Kier molecular flexibility index (Phi) is 3.39. The first-order chi connectivity index (χ1) is 11.5. The van der Waals surface area contributed by atoms with Gasteiger partial charge in [-0.2, -0.15) is 0 Å². The van der Waals surface area contributed by atoms with Crippen molar-refractivity contribution in [1.29, 1.82) is 0 Å². The maximum atomic E-state index is 12.7. The number of aryl methyl sites for hydroxylation is 2. The molecule has 0 saturated carbocycles. The molecule has 0 radical (unpaired) electrons. The normalized spacial score (nSPS) is 11.5. The summed E-state index contributed by atoms with van der Waals surface area (Å²) in [6.45, 7) is 2.40. The summed E-state index contributed by atoms with van der Waals surface area (Å²) in [6, 6.07) is 11.3. The predicted molar refractivity (Wildman–Crippen MR) is 95.6 cm³/mol. The highest BCUT2D eigenvalue weighted by Gasteiger charge is 2.09. The first kappa shape index (κ1) is 14.9. The molecule has 0 saturated heterocycles. The lowest BCUT2D eigenvalue weighted by atomic mass is 10.2. The van der Waals surface area contributed by atoms with Crippen LogP contribution in [-0.2, 0) is 13.6 Å². The monoisotopic (exact) mass is 338 g/mol. The second-order valence-electron chi connectivity index (χ2n) is 5.85. The molecule has 0 N–H and O–H groups in total. The Morgan fingerprint density at radius 2 is 2.00 bits per heavy atom. The van der Waals surface area contributed by atoms with Crippen LogP contribution in [0.15, 0.2) is 47.5 Å². The number of halogens is 1. The van der Waals surface area contributed by atoms with Gasteiger partial charge >= 0.3 is 0 Å². The van der Waals surface area contributed by atoms with Crippen LogP contribution < -0.4 is 5.56 Å². The van der Waals surface area contributed by atoms with E-state index in [-0.39, 0.29) is 5.56 Å². The van der Waals surface area contributed by atoms with Crippen LogP contribution in [0.4, 0.5) is 0 Å². The van der Waals surface area contributed by atoms with E-state index in [0.29, 0.717) is 22.5 Å². The zero-order chi connectivity index (χ0) is 16.8. The maximum absolute atomic E-state index is 12.7. The number of benzene rings is 2. The lowest BCUT2D eigenvalue weighted by molar-refractivity contribution is 0.749. The molecule has 0 spiro atoms. The SMILES string of the molecule is Cc1nc2cc(Cn3cnc4cccc(Cl)c4c3=O)ccc2n1C. The molecule has 2 heterocycles. The fraction of sp³-hybridized carbons (Fsp3) is 0.167. The third-order valence-electron chi connectivity index (χ3n) is 4.32. The van der Waals surface area contributed by atoms with E-state index in [9.17, 15) is 4.79 Å². The second kappa shape index (κ2) is 5.46. The minimum Gasteiger partial charge on any atom is -0.331 e. The average Bonchev–Trinajstić information content (AvgIpc) is 2.84. The molecular formula is C18H15ClN4O. The molecule has 4 rings (SSSR count). The van der Waals surface area contributed by atoms with Crippen LogP contribution in [0, 0.1) is 6.92 Å². The van der Waals surface area contributed by atoms with Gasteiger partial charge in [0.25, 0.3) is 5.56 Å². The summed E-state index contributed by atoms with van der Waals surface area (Å²) in [7, 11) is 1.99. The molecule has 2 aromatic heterocycles. The van der Waals surface area contributed by atoms with Gasteiger partial charge < -0.3 is 4.57 Å². The summed E-state index contributed by atoms with van der Waals surface area (Å²) < 4.78 is 3.62. The van der Waals surface area contributed by atoms with Gasteiger partial charge in [0.1, 0.15) is 5.82 Å². The van der Waals surface area contributed by atoms with Crippen molar-refractivity contribution in [1.82, 2.24) is 19.1 Å². The van der Waals surface area contributed by atoms with Crippen LogP contribution in [-0.4, -0.2) is 19.1 Å². The molecule has 2 aromatic carbocycles. The third-order valence-corrected chi connectivity index (χ3v) is 4.64. The lowest BCUT2D eigenvalue weighted by Gasteiger charge is -2.08. The standard InChI is InChI=1S/C18H15ClN4O/c1-11-21-15-8-12(6-7-16(15)22(11)2)9-23-10-20-14-5-3-4-13(19)17(14)18(23)24/h3-8,10H,9H2,1-2H3. The smallest absolute Gasteiger partial charge is 0.263 e. The summed E-state index contributed by atoms with van der Waals surface area (Å²) in [6.07, 6.45) is 1.56. The zero-order valence-electron chi connectivity index (χ0n) is 13.3. The number of fused-ring (bicyclic) bond motifs is 2. The fourth-order valence-electron chi connectivity index (χ4n) is 2.93. The Balaban J connectivity index is 1.81. The van der Waals surface area contributed by atoms with Crippen molar-refractivity contribution in [3.05, 3.63) is 69.5 Å². The Hall–Kier alpha value is -2.66. The van der Waals surface area contributed by atoms with Gasteiger partial charge in [0.05, 0.1) is 39.8 Å². The number of hydrogen-bond donors (Lipinski definition) is 0. The van der Waals surface area contributed by atoms with Gasteiger partial charge in [-0.15, -0.1) is 0 Å². The van der Waals surface area contributed by atoms with E-state index in [0.717, 1.165) is 22.4 Å². The highest BCUT2D eigenvalue weighted by Crippen LogP contribution is 2.19. The number of imidazole rings is 1. The molecule has 0 bridgehead atoms. The van der Waals surface area contributed by atoms with Crippen molar-refractivity contribution in [2.45, 2.75) is 13.5 Å². The van der Waals surface area contributed by atoms with Gasteiger partial charge in [0.15, 0.2) is 0 Å². The van der Waals surface area contributed by atoms with E-state index < -0.39 is 0 Å². The van der Waals surface area contributed by atoms with Gasteiger partial charge in [0.2, 0.25) is 0 Å². The lowest BCUT2D eigenvalue weighted by Crippen LogP contribution is -2.21. The summed E-state index contributed by atoms with van der Waals surface area (Å²) in [5, 5.41) is 0.881. The number of aromatic nitrogens is 4. The van der Waals surface area contributed by atoms with Crippen molar-refractivity contribution in [3.8, 4) is 0 Å². The Morgan fingerprint density at radius 3 is 2.83 bits per heavy atom. The fourth-order valence-corrected chi connectivity index (χ4v) is 3.18. The second-order valence-corrected chi connectivity index (χ2v) is 6.26. The molecule has 0 aliphatic heterocycles. The zero-order valence-corrected chi connectivity index (χ0v) is 14.1. The summed E-state index contributed by atoms with van der Waals surface area (Å²) >= 11 is 6.17. The summed E-state index contributed by atoms with van der Waals surface area (Å²) in [5.41, 5.74) is 3.47. The molecule has 120 valence electrons. The maximum Gasteiger partial charge on any atom is 0.263 e. The summed E-state index contributed by atoms with van der Waals surface area (Å²) in [5.74, 6) is 0.957. The molecule has 0 atom stereocenters. The molecule has 4 aromatic rings. The number of nitrogens with zero attached hydrogens (tertiary/aromatic N) is 4. The molecule has 0 aliphatic rings. The van der Waals surface area contributed by atoms with E-state index in [4.69, 9.17) is 11.6 Å². The van der Waals surface area contributed by atoms with Crippen LogP contribution in [0.3, 0.4) is 0 Å². The predicted octanol–water partition coefficient (Wildman–Crippen LogP) is 3.29. The van der Waals surface area contributed by atoms with Crippen molar-refractivity contribution in [3.63, 3.8) is 0 Å². The van der Waals surface area contributed by atoms with Gasteiger partial charge in [-0.25, -0.2) is 9.97 Å². The molecular weight excluding hydrogens is 324 g/mol. The topological polar surface area (TPSA) is 52.7 Å². The van der Waals surface area contributed by atoms with Crippen LogP contribution >= 0.6 is 11.6 Å². The summed E-state index contributed by atoms with van der Waals surface area (Å²) in [4.78, 5) is 21.6. The first-order valence-electron chi connectivity index (χ1n) is 7.60. The van der Waals surface area contributed by atoms with E-state index >= 15 is 0 Å². The quantitative estimate of drug-likeness (QED) is 0.563. The van der Waals surface area contributed by atoms with Gasteiger partial charge in [-0.1, -0.05) is 23.7 Å². The van der Waals surface area contributed by atoms with Crippen LogP contribution in [0.5, 0.6) is 0 Å². The van der Waals surface area contributed by atoms with Crippen LogP contribution in [0.25, 0.3) is 21.9 Å². The van der Waals surface area contributed by atoms with E-state index in [1.165, 1.54) is 0 Å². The number of rotatable bonds is 2. The third kappa shape index (κ3) is 2.29. The largest absolute Gasteiger partial charge is 0.331 e. The van der Waals surface area contributed by atoms with E-state index in [1.54, 1.807) is 29.1 Å². The number of hydrogen-bond acceptors (Lipinski definition) is 3. The van der Waals surface area contributed by atoms with Crippen molar-refractivity contribution in [2.24, 2.45) is 7.05 Å². The molecule has 5 nitrogen and oxygen atoms in total. The highest BCUT2D eigenvalue weighted by atomic mass is 35.5. The van der Waals surface area contributed by atoms with E-state index in [2.05, 4.69) is 9.97 Å². The Bertz CT molecular complexity index is 1140. The highest BCUT2D eigenvalue weighted by molar-refractivity contribution is 6.35. The van der Waals surface area contributed by atoms with Gasteiger partial charge in [-0.3, -0.25) is 9.36 Å². The average molecular weight is 339 g/mol. The van der Waals surface area contributed by atoms with Crippen LogP contribution in [0.2, 0.25) is 5.02 Å². The minimum absolute atomic E-state index is 0.136. The molecule has 6 heteroatoms. The van der Waals surface area contributed by atoms with Gasteiger partial charge in [0, 0.05) is 7.05 Å². The van der Waals surface area contributed by atoms with Gasteiger partial charge in [-0.05, 0) is 36.8 Å². The molecule has 24 heavy (non-hydrogen) atoms. The molecule has 0 unspecified atom stereocenters. The molecule has 0 fully saturated rings. The van der Waals surface area contributed by atoms with Crippen molar-refractivity contribution >= 4 is 33.5 Å². The first-order valence-corrected chi connectivity index (χ1v) is 7.98. The van der Waals surface area contributed by atoms with Crippen LogP contribution in [0.1, 0.15) is 11.4 Å². The Morgan fingerprint density at radius 1 is 1.17 bits per heavy atom. The van der Waals surface area contributed by atoms with E-state index in [1.807, 2.05) is 36.7 Å². The minimum atomic E-state index is -0.136. The van der Waals surface area contributed by atoms with Crippen molar-refractivity contribution in [2.75, 3.05) is 0 Å². The Labute approximate surface area is 143 Å². The molecule has 0 amide bonds. The molecule has 0 aliphatic carbocycles. The van der Waals surface area contributed by atoms with Crippen molar-refractivity contribution < 1.29 is 0 Å².